The van der Waals surface area contributed by atoms with Gasteiger partial charge in [-0.2, -0.15) is 0 Å². The number of fused-ring (bicyclic) bond motifs is 1. The summed E-state index contributed by atoms with van der Waals surface area (Å²) in [4.78, 5) is 0. The van der Waals surface area contributed by atoms with Crippen molar-refractivity contribution in [3.63, 3.8) is 0 Å². The molecule has 0 aliphatic heterocycles. The topological polar surface area (TPSA) is 0 Å². The van der Waals surface area contributed by atoms with Crippen LogP contribution >= 0.6 is 15.9 Å². The summed E-state index contributed by atoms with van der Waals surface area (Å²) >= 11 is 3.48. The summed E-state index contributed by atoms with van der Waals surface area (Å²) in [5.41, 5.74) is 6.92. The molecule has 0 saturated heterocycles. The lowest BCUT2D eigenvalue weighted by atomic mass is 9.97. The van der Waals surface area contributed by atoms with E-state index in [1.54, 1.807) is 0 Å². The van der Waals surface area contributed by atoms with Crippen LogP contribution < -0.4 is 0 Å². The van der Waals surface area contributed by atoms with Crippen molar-refractivity contribution in [2.24, 2.45) is 0 Å². The second kappa shape index (κ2) is 4.15. The van der Waals surface area contributed by atoms with E-state index in [4.69, 9.17) is 0 Å². The quantitative estimate of drug-likeness (QED) is 0.685. The third-order valence-electron chi connectivity index (χ3n) is 3.21. The van der Waals surface area contributed by atoms with Crippen molar-refractivity contribution >= 4 is 22.0 Å². The molecule has 0 saturated carbocycles. The van der Waals surface area contributed by atoms with E-state index < -0.39 is 0 Å². The molecule has 2 aromatic carbocycles. The van der Waals surface area contributed by atoms with Crippen LogP contribution in [0.15, 0.2) is 52.5 Å². The van der Waals surface area contributed by atoms with Gasteiger partial charge in [-0.25, -0.2) is 0 Å². The summed E-state index contributed by atoms with van der Waals surface area (Å²) in [7, 11) is 0. The van der Waals surface area contributed by atoms with Crippen LogP contribution in [0.3, 0.4) is 0 Å². The molecule has 0 N–H and O–H groups in total. The van der Waals surface area contributed by atoms with Crippen LogP contribution in [0.1, 0.15) is 18.1 Å². The van der Waals surface area contributed by atoms with Crippen LogP contribution in [-0.4, -0.2) is 0 Å². The van der Waals surface area contributed by atoms with Crippen molar-refractivity contribution in [1.82, 2.24) is 0 Å². The van der Waals surface area contributed by atoms with Gasteiger partial charge >= 0.3 is 0 Å². The third kappa shape index (κ3) is 1.96. The first-order valence-corrected chi connectivity index (χ1v) is 6.58. The highest BCUT2D eigenvalue weighted by Gasteiger charge is 2.13. The van der Waals surface area contributed by atoms with Crippen LogP contribution in [0.4, 0.5) is 0 Å². The molecule has 0 unspecified atom stereocenters. The molecule has 2 aromatic rings. The van der Waals surface area contributed by atoms with Crippen molar-refractivity contribution < 1.29 is 0 Å². The van der Waals surface area contributed by atoms with Gasteiger partial charge in [0.15, 0.2) is 0 Å². The van der Waals surface area contributed by atoms with Crippen molar-refractivity contribution in [1.29, 1.82) is 0 Å². The van der Waals surface area contributed by atoms with Gasteiger partial charge in [-0.15, -0.1) is 0 Å². The van der Waals surface area contributed by atoms with Gasteiger partial charge < -0.3 is 0 Å². The fraction of sp³-hybridized carbons (Fsp3) is 0.125. The molecule has 3 rings (SSSR count). The van der Waals surface area contributed by atoms with Crippen LogP contribution in [0, 0.1) is 0 Å². The Morgan fingerprint density at radius 2 is 1.76 bits per heavy atom. The Morgan fingerprint density at radius 1 is 1.00 bits per heavy atom. The first kappa shape index (κ1) is 10.8. The first-order chi connectivity index (χ1) is 8.24. The molecule has 0 fully saturated rings. The van der Waals surface area contributed by atoms with E-state index in [2.05, 4.69) is 71.4 Å². The monoisotopic (exact) mass is 284 g/mol. The number of rotatable bonds is 1. The minimum absolute atomic E-state index is 1.10. The second-order valence-corrected chi connectivity index (χ2v) is 5.47. The zero-order chi connectivity index (χ0) is 11.8. The van der Waals surface area contributed by atoms with Gasteiger partial charge in [-0.05, 0) is 47.7 Å². The maximum absolute atomic E-state index is 3.48. The normalized spacial score (nSPS) is 13.4. The molecular formula is C16H13Br. The maximum atomic E-state index is 3.48. The lowest BCUT2D eigenvalue weighted by Crippen LogP contribution is -1.86. The Kier molecular flexibility index (Phi) is 2.64. The van der Waals surface area contributed by atoms with Gasteiger partial charge in [0.1, 0.15) is 0 Å². The highest BCUT2D eigenvalue weighted by Crippen LogP contribution is 2.34. The Balaban J connectivity index is 2.16. The molecule has 84 valence electrons. The van der Waals surface area contributed by atoms with Gasteiger partial charge in [0.25, 0.3) is 0 Å². The van der Waals surface area contributed by atoms with E-state index >= 15 is 0 Å². The molecule has 1 aliphatic rings. The summed E-state index contributed by atoms with van der Waals surface area (Å²) in [6.07, 6.45) is 3.41. The van der Waals surface area contributed by atoms with Crippen molar-refractivity contribution in [2.75, 3.05) is 0 Å². The fourth-order valence-corrected chi connectivity index (χ4v) is 2.68. The Morgan fingerprint density at radius 3 is 2.53 bits per heavy atom. The third-order valence-corrected chi connectivity index (χ3v) is 3.74. The van der Waals surface area contributed by atoms with E-state index in [0.29, 0.717) is 0 Å². The van der Waals surface area contributed by atoms with Crippen molar-refractivity contribution in [3.05, 3.63) is 63.6 Å². The van der Waals surface area contributed by atoms with Gasteiger partial charge in [-0.1, -0.05) is 57.9 Å². The number of benzene rings is 2. The number of halogens is 1. The average Bonchev–Trinajstić information content (AvgIpc) is 2.70. The molecule has 1 aliphatic carbocycles. The molecule has 0 heterocycles. The zero-order valence-electron chi connectivity index (χ0n) is 9.70. The van der Waals surface area contributed by atoms with Crippen LogP contribution in [0.25, 0.3) is 17.2 Å². The maximum Gasteiger partial charge on any atom is 0.0175 e. The lowest BCUT2D eigenvalue weighted by Gasteiger charge is -2.07. The van der Waals surface area contributed by atoms with Crippen LogP contribution in [0.5, 0.6) is 0 Å². The smallest absolute Gasteiger partial charge is 0.0175 e. The fourth-order valence-electron chi connectivity index (χ4n) is 2.42. The van der Waals surface area contributed by atoms with Gasteiger partial charge in [0, 0.05) is 4.47 Å². The molecule has 0 spiro atoms. The molecule has 0 bridgehead atoms. The summed E-state index contributed by atoms with van der Waals surface area (Å²) in [6.45, 7) is 2.20. The molecule has 0 aromatic heterocycles. The molecular weight excluding hydrogens is 272 g/mol. The van der Waals surface area contributed by atoms with E-state index in [0.717, 1.165) is 10.9 Å². The second-order valence-electron chi connectivity index (χ2n) is 4.55. The van der Waals surface area contributed by atoms with Crippen LogP contribution in [0.2, 0.25) is 0 Å². The largest absolute Gasteiger partial charge is 0.0683 e. The van der Waals surface area contributed by atoms with Gasteiger partial charge in [0.05, 0.1) is 0 Å². The molecule has 17 heavy (non-hydrogen) atoms. The number of hydrogen-bond acceptors (Lipinski definition) is 0. The summed E-state index contributed by atoms with van der Waals surface area (Å²) in [5, 5.41) is 0. The summed E-state index contributed by atoms with van der Waals surface area (Å²) in [5.74, 6) is 0. The van der Waals surface area contributed by atoms with Gasteiger partial charge in [0.2, 0.25) is 0 Å². The molecule has 0 atom stereocenters. The van der Waals surface area contributed by atoms with Gasteiger partial charge in [-0.3, -0.25) is 0 Å². The SMILES string of the molecule is CC1=Cc2c(cccc2-c2ccc(Br)cc2)C1. The van der Waals surface area contributed by atoms with E-state index in [9.17, 15) is 0 Å². The Labute approximate surface area is 110 Å². The van der Waals surface area contributed by atoms with Crippen LogP contribution in [-0.2, 0) is 6.42 Å². The number of allylic oxidation sites excluding steroid dienone is 1. The standard InChI is InChI=1S/C16H13Br/c1-11-9-13-3-2-4-15(16(13)10-11)12-5-7-14(17)8-6-12/h2-8,10H,9H2,1H3. The van der Waals surface area contributed by atoms with Crippen molar-refractivity contribution in [3.8, 4) is 11.1 Å². The predicted octanol–water partition coefficient (Wildman–Crippen LogP) is 5.08. The predicted molar refractivity (Wildman–Crippen MR) is 76.9 cm³/mol. The average molecular weight is 285 g/mol. The molecule has 0 nitrogen and oxygen atoms in total. The molecule has 0 amide bonds. The zero-order valence-corrected chi connectivity index (χ0v) is 11.3. The van der Waals surface area contributed by atoms with E-state index in [1.165, 1.54) is 27.8 Å². The Hall–Kier alpha value is -1.34. The van der Waals surface area contributed by atoms with Crippen molar-refractivity contribution in [2.45, 2.75) is 13.3 Å². The summed E-state index contributed by atoms with van der Waals surface area (Å²) in [6, 6.07) is 15.1. The number of hydrogen-bond donors (Lipinski definition) is 0. The minimum Gasteiger partial charge on any atom is -0.0683 e. The Bertz CT molecular complexity index is 591. The highest BCUT2D eigenvalue weighted by molar-refractivity contribution is 9.10. The minimum atomic E-state index is 1.10. The first-order valence-electron chi connectivity index (χ1n) is 5.79. The van der Waals surface area contributed by atoms with E-state index in [-0.39, 0.29) is 0 Å². The summed E-state index contributed by atoms with van der Waals surface area (Å²) < 4.78 is 1.13. The highest BCUT2D eigenvalue weighted by atomic mass is 79.9. The lowest BCUT2D eigenvalue weighted by molar-refractivity contribution is 1.20. The van der Waals surface area contributed by atoms with E-state index in [1.807, 2.05) is 0 Å². The molecule has 1 heteroatoms. The molecule has 0 radical (unpaired) electrons.